The number of carbonyl (C=O) groups is 1. The average Bonchev–Trinajstić information content (AvgIpc) is 2.42. The number of ether oxygens (including phenoxy) is 1. The fourth-order valence-electron chi connectivity index (χ4n) is 1.95. The van der Waals surface area contributed by atoms with Gasteiger partial charge < -0.3 is 15.0 Å². The van der Waals surface area contributed by atoms with Gasteiger partial charge in [-0.3, -0.25) is 4.79 Å². The summed E-state index contributed by atoms with van der Waals surface area (Å²) in [6.07, 6.45) is -0.583. The van der Waals surface area contributed by atoms with Gasteiger partial charge in [-0.2, -0.15) is 0 Å². The Bertz CT molecular complexity index is 470. The molecule has 1 fully saturated rings. The molecule has 1 heterocycles. The van der Waals surface area contributed by atoms with Crippen LogP contribution < -0.4 is 10.1 Å². The smallest absolute Gasteiger partial charge is 0.263 e. The minimum absolute atomic E-state index is 0. The molecular formula is C13H17BrClFN2O2. The minimum Gasteiger partial charge on any atom is -0.480 e. The van der Waals surface area contributed by atoms with Crippen LogP contribution in [0.5, 0.6) is 5.75 Å². The van der Waals surface area contributed by atoms with Crippen LogP contribution in [-0.2, 0) is 4.79 Å². The van der Waals surface area contributed by atoms with E-state index in [0.29, 0.717) is 23.3 Å². The van der Waals surface area contributed by atoms with Gasteiger partial charge in [0.15, 0.2) is 6.10 Å². The summed E-state index contributed by atoms with van der Waals surface area (Å²) in [5.74, 6) is 0.0791. The quantitative estimate of drug-likeness (QED) is 0.890. The van der Waals surface area contributed by atoms with Crippen LogP contribution in [0.1, 0.15) is 6.92 Å². The lowest BCUT2D eigenvalue weighted by Crippen LogP contribution is -2.50. The first-order valence-electron chi connectivity index (χ1n) is 6.19. The van der Waals surface area contributed by atoms with E-state index in [1.807, 2.05) is 0 Å². The average molecular weight is 368 g/mol. The fourth-order valence-corrected chi connectivity index (χ4v) is 2.40. The lowest BCUT2D eigenvalue weighted by atomic mass is 10.2. The van der Waals surface area contributed by atoms with Crippen molar-refractivity contribution >= 4 is 34.2 Å². The Labute approximate surface area is 132 Å². The van der Waals surface area contributed by atoms with Crippen LogP contribution in [-0.4, -0.2) is 43.1 Å². The van der Waals surface area contributed by atoms with Crippen LogP contribution in [0.25, 0.3) is 0 Å². The van der Waals surface area contributed by atoms with Gasteiger partial charge in [0.1, 0.15) is 11.6 Å². The van der Waals surface area contributed by atoms with Gasteiger partial charge in [0.2, 0.25) is 0 Å². The standard InChI is InChI=1S/C13H16BrFN2O2.ClH/c1-9(13(18)17-6-4-16-5-7-17)19-12-3-2-10(15)8-11(12)14;/h2-3,8-9,16H,4-7H2,1H3;1H. The number of hydrogen-bond donors (Lipinski definition) is 1. The van der Waals surface area contributed by atoms with Crippen molar-refractivity contribution < 1.29 is 13.9 Å². The summed E-state index contributed by atoms with van der Waals surface area (Å²) in [6.45, 7) is 4.70. The zero-order chi connectivity index (χ0) is 13.8. The Morgan fingerprint density at radius 2 is 2.10 bits per heavy atom. The van der Waals surface area contributed by atoms with E-state index in [-0.39, 0.29) is 24.1 Å². The summed E-state index contributed by atoms with van der Waals surface area (Å²) < 4.78 is 19.1. The predicted octanol–water partition coefficient (Wildman–Crippen LogP) is 2.21. The number of benzene rings is 1. The summed E-state index contributed by atoms with van der Waals surface area (Å²) in [6, 6.07) is 4.14. The van der Waals surface area contributed by atoms with Crippen molar-refractivity contribution in [3.05, 3.63) is 28.5 Å². The van der Waals surface area contributed by atoms with E-state index in [2.05, 4.69) is 21.2 Å². The van der Waals surface area contributed by atoms with Gasteiger partial charge in [0, 0.05) is 26.2 Å². The highest BCUT2D eigenvalue weighted by Gasteiger charge is 2.23. The van der Waals surface area contributed by atoms with Crippen molar-refractivity contribution in [1.29, 1.82) is 0 Å². The molecule has 0 aromatic heterocycles. The molecule has 2 rings (SSSR count). The van der Waals surface area contributed by atoms with Crippen LogP contribution in [0.15, 0.2) is 22.7 Å². The molecule has 0 bridgehead atoms. The lowest BCUT2D eigenvalue weighted by Gasteiger charge is -2.29. The van der Waals surface area contributed by atoms with Crippen molar-refractivity contribution in [2.45, 2.75) is 13.0 Å². The molecule has 1 amide bonds. The number of hydrogen-bond acceptors (Lipinski definition) is 3. The molecule has 1 aliphatic heterocycles. The van der Waals surface area contributed by atoms with E-state index >= 15 is 0 Å². The van der Waals surface area contributed by atoms with Gasteiger partial charge in [-0.15, -0.1) is 12.4 Å². The second kappa shape index (κ2) is 7.81. The topological polar surface area (TPSA) is 41.6 Å². The molecule has 1 unspecified atom stereocenters. The van der Waals surface area contributed by atoms with Gasteiger partial charge in [0.05, 0.1) is 4.47 Å². The third-order valence-corrected chi connectivity index (χ3v) is 3.59. The highest BCUT2D eigenvalue weighted by atomic mass is 79.9. The van der Waals surface area contributed by atoms with Crippen LogP contribution in [0.4, 0.5) is 4.39 Å². The third kappa shape index (κ3) is 4.33. The van der Waals surface area contributed by atoms with Crippen LogP contribution in [0.2, 0.25) is 0 Å². The normalized spacial score (nSPS) is 16.2. The molecule has 4 nitrogen and oxygen atoms in total. The highest BCUT2D eigenvalue weighted by Crippen LogP contribution is 2.26. The molecule has 0 saturated carbocycles. The molecule has 1 aromatic carbocycles. The summed E-state index contributed by atoms with van der Waals surface area (Å²) >= 11 is 3.22. The van der Waals surface area contributed by atoms with Crippen molar-refractivity contribution in [2.75, 3.05) is 26.2 Å². The Hall–Kier alpha value is -0.850. The second-order valence-corrected chi connectivity index (χ2v) is 5.26. The van der Waals surface area contributed by atoms with Crippen molar-refractivity contribution in [3.63, 3.8) is 0 Å². The Balaban J connectivity index is 0.00000200. The molecule has 112 valence electrons. The first-order chi connectivity index (χ1) is 9.08. The first kappa shape index (κ1) is 17.2. The largest absolute Gasteiger partial charge is 0.480 e. The van der Waals surface area contributed by atoms with E-state index in [1.165, 1.54) is 18.2 Å². The number of halogens is 3. The van der Waals surface area contributed by atoms with Gasteiger partial charge in [-0.1, -0.05) is 0 Å². The molecule has 7 heteroatoms. The Kier molecular flexibility index (Phi) is 6.71. The Morgan fingerprint density at radius 1 is 1.45 bits per heavy atom. The monoisotopic (exact) mass is 366 g/mol. The number of nitrogens with zero attached hydrogens (tertiary/aromatic N) is 1. The molecule has 0 spiro atoms. The summed E-state index contributed by atoms with van der Waals surface area (Å²) in [7, 11) is 0. The Morgan fingerprint density at radius 3 is 2.70 bits per heavy atom. The number of rotatable bonds is 3. The van der Waals surface area contributed by atoms with E-state index in [0.717, 1.165) is 13.1 Å². The molecule has 0 radical (unpaired) electrons. The molecule has 20 heavy (non-hydrogen) atoms. The SMILES string of the molecule is CC(Oc1ccc(F)cc1Br)C(=O)N1CCNCC1.Cl. The number of amides is 1. The number of nitrogens with one attached hydrogen (secondary N) is 1. The third-order valence-electron chi connectivity index (χ3n) is 2.97. The summed E-state index contributed by atoms with van der Waals surface area (Å²) in [4.78, 5) is 13.9. The van der Waals surface area contributed by atoms with Gasteiger partial charge in [-0.25, -0.2) is 4.39 Å². The molecular weight excluding hydrogens is 351 g/mol. The second-order valence-electron chi connectivity index (χ2n) is 4.41. The summed E-state index contributed by atoms with van der Waals surface area (Å²) in [5.41, 5.74) is 0. The van der Waals surface area contributed by atoms with Gasteiger partial charge >= 0.3 is 0 Å². The minimum atomic E-state index is -0.583. The fraction of sp³-hybridized carbons (Fsp3) is 0.462. The first-order valence-corrected chi connectivity index (χ1v) is 6.98. The highest BCUT2D eigenvalue weighted by molar-refractivity contribution is 9.10. The molecule has 1 N–H and O–H groups in total. The van der Waals surface area contributed by atoms with E-state index in [9.17, 15) is 9.18 Å². The zero-order valence-corrected chi connectivity index (χ0v) is 13.5. The maximum absolute atomic E-state index is 13.0. The maximum Gasteiger partial charge on any atom is 0.263 e. The molecule has 1 aromatic rings. The molecule has 0 aliphatic carbocycles. The lowest BCUT2D eigenvalue weighted by molar-refractivity contribution is -0.138. The predicted molar refractivity (Wildman–Crippen MR) is 80.9 cm³/mol. The van der Waals surface area contributed by atoms with Crippen LogP contribution >= 0.6 is 28.3 Å². The number of carbonyl (C=O) groups excluding carboxylic acids is 1. The van der Waals surface area contributed by atoms with E-state index in [4.69, 9.17) is 4.74 Å². The van der Waals surface area contributed by atoms with Crippen LogP contribution in [0, 0.1) is 5.82 Å². The van der Waals surface area contributed by atoms with E-state index < -0.39 is 6.10 Å². The molecule has 1 aliphatic rings. The number of piperazine rings is 1. The molecule has 1 atom stereocenters. The van der Waals surface area contributed by atoms with E-state index in [1.54, 1.807) is 11.8 Å². The van der Waals surface area contributed by atoms with Crippen molar-refractivity contribution in [3.8, 4) is 5.75 Å². The zero-order valence-electron chi connectivity index (χ0n) is 11.1. The van der Waals surface area contributed by atoms with Gasteiger partial charge in [-0.05, 0) is 41.1 Å². The molecule has 1 saturated heterocycles. The summed E-state index contributed by atoms with van der Waals surface area (Å²) in [5, 5.41) is 3.19. The van der Waals surface area contributed by atoms with Crippen LogP contribution in [0.3, 0.4) is 0 Å². The van der Waals surface area contributed by atoms with Gasteiger partial charge in [0.25, 0.3) is 5.91 Å². The maximum atomic E-state index is 13.0. The van der Waals surface area contributed by atoms with Crippen molar-refractivity contribution in [2.24, 2.45) is 0 Å². The van der Waals surface area contributed by atoms with Crippen molar-refractivity contribution in [1.82, 2.24) is 10.2 Å².